The van der Waals surface area contributed by atoms with Gasteiger partial charge in [0.15, 0.2) is 0 Å². The molecule has 156 valence electrons. The van der Waals surface area contributed by atoms with Crippen molar-refractivity contribution < 1.29 is 20.1 Å². The number of carboxylic acid groups (broad SMARTS) is 1. The number of unbranched alkanes of at least 4 members (excludes halogenated alkanes) is 3. The summed E-state index contributed by atoms with van der Waals surface area (Å²) in [5.74, 6) is -0.398. The Morgan fingerprint density at radius 1 is 1.26 bits per heavy atom. The topological polar surface area (TPSA) is 77.8 Å². The normalized spacial score (nSPS) is 31.1. The van der Waals surface area contributed by atoms with E-state index in [1.807, 2.05) is 0 Å². The standard InChI is InChI=1S/C22H37ClO4/c1-2-22(13-8-14-22)20(25)11-7-10-17-16(18(23)15-19(17)24)9-5-3-4-6-12-21(26)27/h7,10,16-20,24-25H,2-6,8-9,11-15H2,1H3,(H,26,27)/b10-7+/t16-,17-,18-,19-,20+/m1/s1. The summed E-state index contributed by atoms with van der Waals surface area (Å²) < 4.78 is 0. The summed E-state index contributed by atoms with van der Waals surface area (Å²) in [6.45, 7) is 2.16. The monoisotopic (exact) mass is 400 g/mol. The molecule has 0 aromatic heterocycles. The van der Waals surface area contributed by atoms with Crippen LogP contribution in [0.4, 0.5) is 0 Å². The van der Waals surface area contributed by atoms with E-state index in [4.69, 9.17) is 16.7 Å². The second-order valence-electron chi connectivity index (χ2n) is 8.66. The fourth-order valence-electron chi connectivity index (χ4n) is 4.91. The van der Waals surface area contributed by atoms with E-state index in [0.29, 0.717) is 12.8 Å². The van der Waals surface area contributed by atoms with Gasteiger partial charge in [0.05, 0.1) is 12.2 Å². The number of rotatable bonds is 12. The molecule has 5 heteroatoms. The molecule has 2 rings (SSSR count). The van der Waals surface area contributed by atoms with Gasteiger partial charge in [-0.1, -0.05) is 44.8 Å². The smallest absolute Gasteiger partial charge is 0.303 e. The van der Waals surface area contributed by atoms with Crippen molar-refractivity contribution in [3.8, 4) is 0 Å². The number of alkyl halides is 1. The minimum absolute atomic E-state index is 0.00721. The molecule has 2 aliphatic rings. The average Bonchev–Trinajstić information content (AvgIpc) is 2.84. The Kier molecular flexibility index (Phi) is 9.10. The zero-order chi connectivity index (χ0) is 19.9. The first-order chi connectivity index (χ1) is 12.9. The van der Waals surface area contributed by atoms with Crippen LogP contribution in [0.25, 0.3) is 0 Å². The number of aliphatic hydroxyl groups excluding tert-OH is 2. The van der Waals surface area contributed by atoms with Crippen LogP contribution in [0.3, 0.4) is 0 Å². The third-order valence-corrected chi connectivity index (χ3v) is 7.53. The van der Waals surface area contributed by atoms with Gasteiger partial charge in [0.25, 0.3) is 0 Å². The second kappa shape index (κ2) is 10.8. The number of halogens is 1. The van der Waals surface area contributed by atoms with Gasteiger partial charge in [-0.3, -0.25) is 4.79 Å². The Morgan fingerprint density at radius 3 is 2.56 bits per heavy atom. The summed E-state index contributed by atoms with van der Waals surface area (Å²) in [6, 6.07) is 0. The van der Waals surface area contributed by atoms with Crippen LogP contribution in [0.2, 0.25) is 0 Å². The number of carboxylic acids is 1. The minimum Gasteiger partial charge on any atom is -0.481 e. The van der Waals surface area contributed by atoms with E-state index < -0.39 is 12.1 Å². The van der Waals surface area contributed by atoms with Gasteiger partial charge in [0, 0.05) is 17.7 Å². The lowest BCUT2D eigenvalue weighted by Crippen LogP contribution is -2.40. The molecule has 2 fully saturated rings. The van der Waals surface area contributed by atoms with Crippen molar-refractivity contribution in [2.45, 2.75) is 102 Å². The number of hydrogen-bond donors (Lipinski definition) is 3. The van der Waals surface area contributed by atoms with E-state index in [9.17, 15) is 15.0 Å². The van der Waals surface area contributed by atoms with Gasteiger partial charge in [-0.05, 0) is 56.3 Å². The number of hydrogen-bond acceptors (Lipinski definition) is 3. The van der Waals surface area contributed by atoms with Crippen molar-refractivity contribution >= 4 is 17.6 Å². The average molecular weight is 401 g/mol. The van der Waals surface area contributed by atoms with Gasteiger partial charge in [0.1, 0.15) is 0 Å². The second-order valence-corrected chi connectivity index (χ2v) is 9.22. The summed E-state index contributed by atoms with van der Waals surface area (Å²) >= 11 is 6.50. The fourth-order valence-corrected chi connectivity index (χ4v) is 5.39. The van der Waals surface area contributed by atoms with Crippen LogP contribution in [0.5, 0.6) is 0 Å². The third-order valence-electron chi connectivity index (χ3n) is 7.03. The molecular formula is C22H37ClO4. The lowest BCUT2D eigenvalue weighted by atomic mass is 9.63. The first kappa shape index (κ1) is 22.7. The van der Waals surface area contributed by atoms with Gasteiger partial charge >= 0.3 is 5.97 Å². The van der Waals surface area contributed by atoms with E-state index in [2.05, 4.69) is 19.1 Å². The molecule has 5 atom stereocenters. The molecule has 0 aliphatic heterocycles. The molecule has 0 heterocycles. The Labute approximate surface area is 169 Å². The fraction of sp³-hybridized carbons (Fsp3) is 0.864. The van der Waals surface area contributed by atoms with Gasteiger partial charge < -0.3 is 15.3 Å². The van der Waals surface area contributed by atoms with E-state index in [1.165, 1.54) is 6.42 Å². The number of aliphatic hydroxyl groups is 2. The molecule has 0 saturated heterocycles. The molecule has 3 N–H and O–H groups in total. The van der Waals surface area contributed by atoms with Crippen LogP contribution in [-0.2, 0) is 4.79 Å². The molecule has 0 unspecified atom stereocenters. The van der Waals surface area contributed by atoms with Gasteiger partial charge in [-0.2, -0.15) is 0 Å². The van der Waals surface area contributed by atoms with Crippen LogP contribution >= 0.6 is 11.6 Å². The molecule has 0 radical (unpaired) electrons. The SMILES string of the molecule is CCC1([C@@H](O)C/C=C/[C@@H]2[C@@H](CCCCCCC(=O)O)[C@H](Cl)C[C@H]2O)CCC1. The third kappa shape index (κ3) is 6.20. The summed E-state index contributed by atoms with van der Waals surface area (Å²) in [4.78, 5) is 10.5. The highest BCUT2D eigenvalue weighted by molar-refractivity contribution is 6.21. The summed E-state index contributed by atoms with van der Waals surface area (Å²) in [7, 11) is 0. The molecule has 0 aromatic rings. The molecule has 27 heavy (non-hydrogen) atoms. The van der Waals surface area contributed by atoms with Crippen LogP contribution in [0.15, 0.2) is 12.2 Å². The van der Waals surface area contributed by atoms with E-state index in [-0.39, 0.29) is 35.2 Å². The predicted molar refractivity (Wildman–Crippen MR) is 109 cm³/mol. The van der Waals surface area contributed by atoms with E-state index >= 15 is 0 Å². The zero-order valence-corrected chi connectivity index (χ0v) is 17.4. The molecule has 0 amide bonds. The molecular weight excluding hydrogens is 364 g/mol. The Hall–Kier alpha value is -0.580. The molecule has 2 saturated carbocycles. The first-order valence-electron chi connectivity index (χ1n) is 10.8. The highest BCUT2D eigenvalue weighted by Gasteiger charge is 2.42. The van der Waals surface area contributed by atoms with Gasteiger partial charge in [0.2, 0.25) is 0 Å². The lowest BCUT2D eigenvalue weighted by molar-refractivity contribution is -0.137. The van der Waals surface area contributed by atoms with E-state index in [1.54, 1.807) is 0 Å². The zero-order valence-electron chi connectivity index (χ0n) is 16.7. The van der Waals surface area contributed by atoms with Crippen LogP contribution < -0.4 is 0 Å². The van der Waals surface area contributed by atoms with Crippen molar-refractivity contribution in [3.05, 3.63) is 12.2 Å². The Balaban J connectivity index is 1.77. The highest BCUT2D eigenvalue weighted by Crippen LogP contribution is 2.48. The largest absolute Gasteiger partial charge is 0.481 e. The highest BCUT2D eigenvalue weighted by atomic mass is 35.5. The number of carbonyl (C=O) groups is 1. The van der Waals surface area contributed by atoms with Crippen molar-refractivity contribution in [1.82, 2.24) is 0 Å². The minimum atomic E-state index is -0.728. The van der Waals surface area contributed by atoms with Crippen LogP contribution in [0, 0.1) is 17.3 Å². The molecule has 0 spiro atoms. The van der Waals surface area contributed by atoms with Crippen molar-refractivity contribution in [2.75, 3.05) is 0 Å². The maximum atomic E-state index is 10.6. The molecule has 0 aromatic carbocycles. The van der Waals surface area contributed by atoms with Crippen molar-refractivity contribution in [3.63, 3.8) is 0 Å². The van der Waals surface area contributed by atoms with Gasteiger partial charge in [-0.25, -0.2) is 0 Å². The predicted octanol–water partition coefficient (Wildman–Crippen LogP) is 4.90. The Morgan fingerprint density at radius 2 is 1.96 bits per heavy atom. The quantitative estimate of drug-likeness (QED) is 0.247. The maximum Gasteiger partial charge on any atom is 0.303 e. The first-order valence-corrected chi connectivity index (χ1v) is 11.2. The maximum absolute atomic E-state index is 10.6. The Bertz CT molecular complexity index is 483. The van der Waals surface area contributed by atoms with Gasteiger partial charge in [-0.15, -0.1) is 11.6 Å². The van der Waals surface area contributed by atoms with Crippen LogP contribution in [-0.4, -0.2) is 38.9 Å². The molecule has 0 bridgehead atoms. The summed E-state index contributed by atoms with van der Waals surface area (Å²) in [5.41, 5.74) is 0.114. The lowest BCUT2D eigenvalue weighted by Gasteiger charge is -2.45. The number of aliphatic carboxylic acids is 1. The summed E-state index contributed by atoms with van der Waals surface area (Å²) in [5, 5.41) is 29.6. The summed E-state index contributed by atoms with van der Waals surface area (Å²) in [6.07, 6.45) is 14.1. The van der Waals surface area contributed by atoms with Crippen molar-refractivity contribution in [2.24, 2.45) is 17.3 Å². The molecule has 4 nitrogen and oxygen atoms in total. The molecule has 2 aliphatic carbocycles. The van der Waals surface area contributed by atoms with Crippen molar-refractivity contribution in [1.29, 1.82) is 0 Å². The van der Waals surface area contributed by atoms with E-state index in [0.717, 1.165) is 51.4 Å². The van der Waals surface area contributed by atoms with Crippen LogP contribution in [0.1, 0.15) is 84.0 Å².